The third kappa shape index (κ3) is 5.10. The summed E-state index contributed by atoms with van der Waals surface area (Å²) in [7, 11) is 0. The number of amides is 2. The monoisotopic (exact) mass is 292 g/mol. The number of nitrogens with one attached hydrogen (secondary N) is 2. The summed E-state index contributed by atoms with van der Waals surface area (Å²) in [6, 6.07) is 7.02. The van der Waals surface area contributed by atoms with Gasteiger partial charge in [-0.15, -0.1) is 0 Å². The van der Waals surface area contributed by atoms with E-state index in [1.807, 2.05) is 31.2 Å². The fourth-order valence-corrected chi connectivity index (χ4v) is 1.92. The van der Waals surface area contributed by atoms with E-state index in [0.29, 0.717) is 6.61 Å². The maximum Gasteiger partial charge on any atom is 0.319 e. The lowest BCUT2D eigenvalue weighted by molar-refractivity contribution is -0.148. The first-order valence-electron chi connectivity index (χ1n) is 7.31. The second kappa shape index (κ2) is 8.29. The molecule has 0 aliphatic heterocycles. The molecular formula is C16H24N2O3. The smallest absolute Gasteiger partial charge is 0.319 e. The maximum atomic E-state index is 12.0. The molecule has 116 valence electrons. The van der Waals surface area contributed by atoms with Crippen LogP contribution >= 0.6 is 0 Å². The van der Waals surface area contributed by atoms with Crippen molar-refractivity contribution in [1.82, 2.24) is 5.32 Å². The van der Waals surface area contributed by atoms with Crippen LogP contribution in [0.4, 0.5) is 10.5 Å². The molecule has 0 spiro atoms. The van der Waals surface area contributed by atoms with Gasteiger partial charge in [-0.3, -0.25) is 4.79 Å². The molecule has 0 unspecified atom stereocenters. The van der Waals surface area contributed by atoms with E-state index in [2.05, 4.69) is 10.6 Å². The fourth-order valence-electron chi connectivity index (χ4n) is 1.92. The van der Waals surface area contributed by atoms with Gasteiger partial charge in [0.25, 0.3) is 0 Å². The van der Waals surface area contributed by atoms with Crippen LogP contribution in [0.1, 0.15) is 33.3 Å². The van der Waals surface area contributed by atoms with Gasteiger partial charge in [0.1, 0.15) is 0 Å². The topological polar surface area (TPSA) is 67.4 Å². The van der Waals surface area contributed by atoms with Gasteiger partial charge in [-0.2, -0.15) is 0 Å². The Labute approximate surface area is 126 Å². The molecule has 2 N–H and O–H groups in total. The molecule has 0 saturated carbocycles. The number of urea groups is 1. The number of ether oxygens (including phenoxy) is 1. The first-order valence-corrected chi connectivity index (χ1v) is 7.31. The van der Waals surface area contributed by atoms with E-state index in [-0.39, 0.29) is 18.0 Å². The van der Waals surface area contributed by atoms with E-state index in [1.54, 1.807) is 20.8 Å². The number of carbonyl (C=O) groups excluding carboxylic acids is 2. The average molecular weight is 292 g/mol. The number of aryl methyl sites for hydroxylation is 1. The Hall–Kier alpha value is -2.04. The van der Waals surface area contributed by atoms with Crippen molar-refractivity contribution in [3.8, 4) is 0 Å². The zero-order valence-electron chi connectivity index (χ0n) is 13.1. The number of anilines is 1. The predicted molar refractivity (Wildman–Crippen MR) is 83.2 cm³/mol. The summed E-state index contributed by atoms with van der Waals surface area (Å²) in [6.45, 7) is 7.66. The quantitative estimate of drug-likeness (QED) is 0.792. The Bertz CT molecular complexity index is 488. The average Bonchev–Trinajstić information content (AvgIpc) is 2.47. The molecule has 0 bridgehead atoms. The van der Waals surface area contributed by atoms with Crippen molar-refractivity contribution in [3.63, 3.8) is 0 Å². The molecule has 0 saturated heterocycles. The van der Waals surface area contributed by atoms with Gasteiger partial charge in [-0.05, 0) is 38.8 Å². The summed E-state index contributed by atoms with van der Waals surface area (Å²) in [4.78, 5) is 23.6. The van der Waals surface area contributed by atoms with Gasteiger partial charge in [-0.1, -0.05) is 25.1 Å². The highest BCUT2D eigenvalue weighted by atomic mass is 16.5. The van der Waals surface area contributed by atoms with Crippen LogP contribution < -0.4 is 10.6 Å². The van der Waals surface area contributed by atoms with Crippen molar-refractivity contribution in [2.75, 3.05) is 11.9 Å². The minimum atomic E-state index is -0.392. The third-order valence-corrected chi connectivity index (χ3v) is 3.41. The number of hydrogen-bond acceptors (Lipinski definition) is 3. The molecule has 5 nitrogen and oxygen atoms in total. The third-order valence-electron chi connectivity index (χ3n) is 3.41. The molecular weight excluding hydrogens is 268 g/mol. The highest BCUT2D eigenvalue weighted by Gasteiger charge is 2.22. The van der Waals surface area contributed by atoms with Crippen LogP contribution in [0.3, 0.4) is 0 Å². The van der Waals surface area contributed by atoms with Crippen LogP contribution in [-0.2, 0) is 16.0 Å². The summed E-state index contributed by atoms with van der Waals surface area (Å²) < 4.78 is 4.95. The lowest BCUT2D eigenvalue weighted by Crippen LogP contribution is -2.42. The van der Waals surface area contributed by atoms with Gasteiger partial charge < -0.3 is 15.4 Å². The molecule has 5 heteroatoms. The lowest BCUT2D eigenvalue weighted by atomic mass is 10.0. The van der Waals surface area contributed by atoms with Crippen molar-refractivity contribution >= 4 is 17.7 Å². The van der Waals surface area contributed by atoms with Crippen LogP contribution in [0.15, 0.2) is 24.3 Å². The maximum absolute atomic E-state index is 12.0. The van der Waals surface area contributed by atoms with E-state index < -0.39 is 5.92 Å². The molecule has 0 aliphatic rings. The van der Waals surface area contributed by atoms with Gasteiger partial charge >= 0.3 is 12.0 Å². The standard InChI is InChI=1S/C16H24N2O3/c1-5-13-9-7-8-10-14(13)18-16(20)17-12(4)11(3)15(19)21-6-2/h7-12H,5-6H2,1-4H3,(H2,17,18,20)/t11-,12+/m1/s1. The molecule has 0 fully saturated rings. The largest absolute Gasteiger partial charge is 0.466 e. The van der Waals surface area contributed by atoms with Gasteiger partial charge in [-0.25, -0.2) is 4.79 Å². The van der Waals surface area contributed by atoms with Gasteiger partial charge in [0.15, 0.2) is 0 Å². The molecule has 0 aromatic heterocycles. The van der Waals surface area contributed by atoms with Crippen LogP contribution in [-0.4, -0.2) is 24.6 Å². The zero-order chi connectivity index (χ0) is 15.8. The Morgan fingerprint density at radius 3 is 2.48 bits per heavy atom. The zero-order valence-corrected chi connectivity index (χ0v) is 13.1. The molecule has 0 aliphatic carbocycles. The predicted octanol–water partition coefficient (Wildman–Crippen LogP) is 2.96. The van der Waals surface area contributed by atoms with Crippen molar-refractivity contribution in [1.29, 1.82) is 0 Å². The Balaban J connectivity index is 2.59. The molecule has 1 aromatic carbocycles. The molecule has 0 radical (unpaired) electrons. The number of esters is 1. The highest BCUT2D eigenvalue weighted by molar-refractivity contribution is 5.90. The molecule has 2 atom stereocenters. The lowest BCUT2D eigenvalue weighted by Gasteiger charge is -2.20. The van der Waals surface area contributed by atoms with Crippen LogP contribution in [0.2, 0.25) is 0 Å². The summed E-state index contributed by atoms with van der Waals surface area (Å²) in [5.74, 6) is -0.698. The minimum Gasteiger partial charge on any atom is -0.466 e. The second-order valence-electron chi connectivity index (χ2n) is 4.94. The van der Waals surface area contributed by atoms with E-state index in [0.717, 1.165) is 17.7 Å². The molecule has 0 heterocycles. The molecule has 1 aromatic rings. The van der Waals surface area contributed by atoms with Crippen molar-refractivity contribution in [2.45, 2.75) is 40.2 Å². The number of para-hydroxylation sites is 1. The van der Waals surface area contributed by atoms with Crippen LogP contribution in [0.25, 0.3) is 0 Å². The van der Waals surface area contributed by atoms with E-state index in [4.69, 9.17) is 4.74 Å². The highest BCUT2D eigenvalue weighted by Crippen LogP contribution is 2.15. The Kier molecular flexibility index (Phi) is 6.72. The summed E-state index contributed by atoms with van der Waals surface area (Å²) in [6.07, 6.45) is 0.839. The Morgan fingerprint density at radius 2 is 1.86 bits per heavy atom. The second-order valence-corrected chi connectivity index (χ2v) is 4.94. The summed E-state index contributed by atoms with van der Waals surface area (Å²) in [5.41, 5.74) is 1.85. The molecule has 2 amide bonds. The van der Waals surface area contributed by atoms with Gasteiger partial charge in [0.2, 0.25) is 0 Å². The minimum absolute atomic E-state index is 0.306. The number of benzene rings is 1. The van der Waals surface area contributed by atoms with Crippen molar-refractivity contribution in [3.05, 3.63) is 29.8 Å². The first kappa shape index (κ1) is 17.0. The normalized spacial score (nSPS) is 13.1. The van der Waals surface area contributed by atoms with E-state index >= 15 is 0 Å². The van der Waals surface area contributed by atoms with Crippen LogP contribution in [0, 0.1) is 5.92 Å². The molecule has 1 rings (SSSR count). The van der Waals surface area contributed by atoms with E-state index in [9.17, 15) is 9.59 Å². The molecule has 21 heavy (non-hydrogen) atoms. The fraction of sp³-hybridized carbons (Fsp3) is 0.500. The van der Waals surface area contributed by atoms with Gasteiger partial charge in [0, 0.05) is 11.7 Å². The first-order chi connectivity index (χ1) is 9.99. The Morgan fingerprint density at radius 1 is 1.19 bits per heavy atom. The number of hydrogen-bond donors (Lipinski definition) is 2. The number of rotatable bonds is 6. The van der Waals surface area contributed by atoms with E-state index in [1.165, 1.54) is 0 Å². The summed E-state index contributed by atoms with van der Waals surface area (Å²) in [5, 5.41) is 5.58. The van der Waals surface area contributed by atoms with Crippen LogP contribution in [0.5, 0.6) is 0 Å². The van der Waals surface area contributed by atoms with Crippen molar-refractivity contribution in [2.24, 2.45) is 5.92 Å². The number of carbonyl (C=O) groups is 2. The van der Waals surface area contributed by atoms with Gasteiger partial charge in [0.05, 0.1) is 12.5 Å². The summed E-state index contributed by atoms with van der Waals surface area (Å²) >= 11 is 0. The van der Waals surface area contributed by atoms with Crippen molar-refractivity contribution < 1.29 is 14.3 Å². The SMILES string of the molecule is CCOC(=O)[C@H](C)[C@H](C)NC(=O)Nc1ccccc1CC.